The van der Waals surface area contributed by atoms with Crippen molar-refractivity contribution in [1.82, 2.24) is 5.32 Å². The molecule has 3 N–H and O–H groups in total. The van der Waals surface area contributed by atoms with Crippen LogP contribution in [0.15, 0.2) is 30.3 Å². The van der Waals surface area contributed by atoms with Crippen molar-refractivity contribution in [2.24, 2.45) is 5.73 Å². The predicted molar refractivity (Wildman–Crippen MR) is 81.2 cm³/mol. The molecule has 1 aliphatic carbocycles. The molecule has 0 bridgehead atoms. The Kier molecular flexibility index (Phi) is 6.02. The first-order valence-corrected chi connectivity index (χ1v) is 7.51. The lowest BCUT2D eigenvalue weighted by Gasteiger charge is -2.28. The molecule has 21 heavy (non-hydrogen) atoms. The Bertz CT molecular complexity index is 430. The Morgan fingerprint density at radius 2 is 1.90 bits per heavy atom. The Balaban J connectivity index is 1.59. The number of benzene rings is 1. The second-order valence-corrected chi connectivity index (χ2v) is 5.45. The van der Waals surface area contributed by atoms with Gasteiger partial charge >= 0.3 is 0 Å². The van der Waals surface area contributed by atoms with E-state index in [1.54, 1.807) is 0 Å². The molecule has 0 heterocycles. The van der Waals surface area contributed by atoms with Crippen LogP contribution in [0.5, 0.6) is 5.75 Å². The summed E-state index contributed by atoms with van der Waals surface area (Å²) in [5, 5.41) is 3.02. The van der Waals surface area contributed by atoms with Crippen molar-refractivity contribution in [3.05, 3.63) is 30.3 Å². The third kappa shape index (κ3) is 5.02. The normalized spacial score (nSPS) is 16.6. The highest BCUT2D eigenvalue weighted by molar-refractivity contribution is 5.78. The molecule has 1 aliphatic rings. The number of amides is 1. The fourth-order valence-corrected chi connectivity index (χ4v) is 2.66. The molecule has 0 atom stereocenters. The molecule has 1 amide bonds. The van der Waals surface area contributed by atoms with Gasteiger partial charge in [-0.3, -0.25) is 4.79 Å². The third-order valence-corrected chi connectivity index (χ3v) is 3.83. The van der Waals surface area contributed by atoms with Gasteiger partial charge in [-0.2, -0.15) is 0 Å². The van der Waals surface area contributed by atoms with Crippen LogP contribution in [-0.4, -0.2) is 37.8 Å². The van der Waals surface area contributed by atoms with E-state index in [4.69, 9.17) is 15.2 Å². The molecule has 0 aromatic heterocycles. The van der Waals surface area contributed by atoms with Crippen LogP contribution in [0.1, 0.15) is 25.7 Å². The van der Waals surface area contributed by atoms with Gasteiger partial charge in [0.25, 0.3) is 0 Å². The molecule has 0 radical (unpaired) electrons. The summed E-state index contributed by atoms with van der Waals surface area (Å²) in [5.41, 5.74) is 5.57. The first-order chi connectivity index (χ1) is 10.2. The predicted octanol–water partition coefficient (Wildman–Crippen LogP) is 1.47. The molecule has 1 fully saturated rings. The summed E-state index contributed by atoms with van der Waals surface area (Å²) in [6.07, 6.45) is 4.19. The van der Waals surface area contributed by atoms with Crippen LogP contribution in [0.25, 0.3) is 0 Å². The zero-order valence-corrected chi connectivity index (χ0v) is 12.3. The summed E-state index contributed by atoms with van der Waals surface area (Å²) in [6.45, 7) is 1.37. The lowest BCUT2D eigenvalue weighted by molar-refractivity contribution is -0.127. The van der Waals surface area contributed by atoms with Crippen molar-refractivity contribution < 1.29 is 14.3 Å². The molecule has 1 aromatic rings. The number of nitrogens with two attached hydrogens (primary N) is 1. The number of carbonyl (C=O) groups is 1. The van der Waals surface area contributed by atoms with Gasteiger partial charge in [0.05, 0.1) is 12.1 Å². The van der Waals surface area contributed by atoms with Crippen LogP contribution in [0.4, 0.5) is 0 Å². The van der Waals surface area contributed by atoms with Crippen molar-refractivity contribution in [2.75, 3.05) is 26.4 Å². The Hall–Kier alpha value is -1.59. The molecular formula is C16H24N2O3. The Labute approximate surface area is 125 Å². The fourth-order valence-electron chi connectivity index (χ4n) is 2.66. The van der Waals surface area contributed by atoms with E-state index in [1.165, 1.54) is 0 Å². The van der Waals surface area contributed by atoms with Crippen LogP contribution in [0.3, 0.4) is 0 Å². The molecule has 2 rings (SSSR count). The Morgan fingerprint density at radius 1 is 1.19 bits per heavy atom. The summed E-state index contributed by atoms with van der Waals surface area (Å²) in [6, 6.07) is 9.54. The molecule has 1 aromatic carbocycles. The van der Waals surface area contributed by atoms with Gasteiger partial charge in [-0.15, -0.1) is 0 Å². The second kappa shape index (κ2) is 8.00. The van der Waals surface area contributed by atoms with Gasteiger partial charge in [-0.1, -0.05) is 31.0 Å². The van der Waals surface area contributed by atoms with Crippen molar-refractivity contribution in [3.8, 4) is 5.75 Å². The molecule has 5 heteroatoms. The average Bonchev–Trinajstić information content (AvgIpc) is 2.97. The molecule has 0 spiro atoms. The molecule has 116 valence electrons. The number of hydrogen-bond donors (Lipinski definition) is 2. The Morgan fingerprint density at radius 3 is 2.57 bits per heavy atom. The van der Waals surface area contributed by atoms with Crippen LogP contribution < -0.4 is 15.8 Å². The zero-order valence-electron chi connectivity index (χ0n) is 12.3. The highest BCUT2D eigenvalue weighted by atomic mass is 16.5. The molecular weight excluding hydrogens is 268 g/mol. The molecule has 0 aliphatic heterocycles. The van der Waals surface area contributed by atoms with E-state index in [2.05, 4.69) is 5.32 Å². The van der Waals surface area contributed by atoms with Crippen LogP contribution in [0.2, 0.25) is 0 Å². The van der Waals surface area contributed by atoms with Crippen molar-refractivity contribution in [2.45, 2.75) is 31.2 Å². The maximum Gasteiger partial charge on any atom is 0.246 e. The smallest absolute Gasteiger partial charge is 0.246 e. The number of carbonyl (C=O) groups excluding carboxylic acids is 1. The van der Waals surface area contributed by atoms with E-state index in [0.29, 0.717) is 19.8 Å². The van der Waals surface area contributed by atoms with E-state index in [-0.39, 0.29) is 18.1 Å². The minimum absolute atomic E-state index is 0.0555. The zero-order chi connectivity index (χ0) is 15.0. The summed E-state index contributed by atoms with van der Waals surface area (Å²) in [4.78, 5) is 11.9. The minimum Gasteiger partial charge on any atom is -0.491 e. The fraction of sp³-hybridized carbons (Fsp3) is 0.562. The van der Waals surface area contributed by atoms with Gasteiger partial charge in [-0.05, 0) is 25.0 Å². The highest BCUT2D eigenvalue weighted by Gasteiger charge is 2.33. The number of nitrogens with one attached hydrogen (secondary N) is 1. The van der Waals surface area contributed by atoms with E-state index >= 15 is 0 Å². The van der Waals surface area contributed by atoms with Gasteiger partial charge in [0.2, 0.25) is 5.91 Å². The standard InChI is InChI=1S/C16H24N2O3/c17-13-16(8-4-5-9-16)18-15(19)12-20-10-11-21-14-6-2-1-3-7-14/h1-3,6-7H,4-5,8-13,17H2,(H,18,19). The van der Waals surface area contributed by atoms with E-state index in [1.807, 2.05) is 30.3 Å². The van der Waals surface area contributed by atoms with Crippen LogP contribution in [-0.2, 0) is 9.53 Å². The number of hydrogen-bond acceptors (Lipinski definition) is 4. The lowest BCUT2D eigenvalue weighted by atomic mass is 9.98. The summed E-state index contributed by atoms with van der Waals surface area (Å²) in [7, 11) is 0. The highest BCUT2D eigenvalue weighted by Crippen LogP contribution is 2.28. The summed E-state index contributed by atoms with van der Waals surface area (Å²) < 4.78 is 10.8. The number of para-hydroxylation sites is 1. The van der Waals surface area contributed by atoms with Gasteiger partial charge in [-0.25, -0.2) is 0 Å². The van der Waals surface area contributed by atoms with Crippen LogP contribution in [0, 0.1) is 0 Å². The minimum atomic E-state index is -0.207. The van der Waals surface area contributed by atoms with E-state index in [0.717, 1.165) is 31.4 Å². The maximum absolute atomic E-state index is 11.9. The average molecular weight is 292 g/mol. The first-order valence-electron chi connectivity index (χ1n) is 7.51. The molecule has 0 unspecified atom stereocenters. The van der Waals surface area contributed by atoms with Gasteiger partial charge in [0.1, 0.15) is 19.0 Å². The largest absolute Gasteiger partial charge is 0.491 e. The topological polar surface area (TPSA) is 73.6 Å². The first kappa shape index (κ1) is 15.8. The SMILES string of the molecule is NCC1(NC(=O)COCCOc2ccccc2)CCCC1. The van der Waals surface area contributed by atoms with Crippen LogP contribution >= 0.6 is 0 Å². The third-order valence-electron chi connectivity index (χ3n) is 3.83. The monoisotopic (exact) mass is 292 g/mol. The van der Waals surface area contributed by atoms with Crippen molar-refractivity contribution in [3.63, 3.8) is 0 Å². The summed E-state index contributed by atoms with van der Waals surface area (Å²) >= 11 is 0. The van der Waals surface area contributed by atoms with Gasteiger partial charge < -0.3 is 20.5 Å². The quantitative estimate of drug-likeness (QED) is 0.712. The van der Waals surface area contributed by atoms with E-state index in [9.17, 15) is 4.79 Å². The van der Waals surface area contributed by atoms with Gasteiger partial charge in [0, 0.05) is 6.54 Å². The number of ether oxygens (including phenoxy) is 2. The molecule has 1 saturated carbocycles. The number of rotatable bonds is 8. The van der Waals surface area contributed by atoms with Crippen molar-refractivity contribution >= 4 is 5.91 Å². The summed E-state index contributed by atoms with van der Waals surface area (Å²) in [5.74, 6) is 0.709. The van der Waals surface area contributed by atoms with Crippen molar-refractivity contribution in [1.29, 1.82) is 0 Å². The molecule has 5 nitrogen and oxygen atoms in total. The maximum atomic E-state index is 11.9. The molecule has 0 saturated heterocycles. The second-order valence-electron chi connectivity index (χ2n) is 5.45. The van der Waals surface area contributed by atoms with Gasteiger partial charge in [0.15, 0.2) is 0 Å². The lowest BCUT2D eigenvalue weighted by Crippen LogP contribution is -2.52. The van der Waals surface area contributed by atoms with E-state index < -0.39 is 0 Å².